The third kappa shape index (κ3) is 2.19. The Balaban J connectivity index is 2.08. The molecule has 1 aromatic carbocycles. The van der Waals surface area contributed by atoms with E-state index >= 15 is 0 Å². The minimum Gasteiger partial charge on any atom is -0.399 e. The molecule has 0 N–H and O–H groups in total. The maximum absolute atomic E-state index is 11.5. The lowest BCUT2D eigenvalue weighted by Crippen LogP contribution is -2.41. The zero-order chi connectivity index (χ0) is 15.4. The lowest BCUT2D eigenvalue weighted by atomic mass is 9.77. The molecule has 110 valence electrons. The van der Waals surface area contributed by atoms with Gasteiger partial charge in [0.1, 0.15) is 0 Å². The number of carbonyl (C=O) groups is 1. The van der Waals surface area contributed by atoms with Gasteiger partial charge in [0.25, 0.3) is 0 Å². The van der Waals surface area contributed by atoms with E-state index in [1.54, 1.807) is 6.20 Å². The van der Waals surface area contributed by atoms with Crippen LogP contribution in [0.5, 0.6) is 0 Å². The number of nitrogens with zero attached hydrogens (tertiary/aromatic N) is 2. The third-order valence-electron chi connectivity index (χ3n) is 4.41. The van der Waals surface area contributed by atoms with Gasteiger partial charge in [0, 0.05) is 18.5 Å². The summed E-state index contributed by atoms with van der Waals surface area (Å²) in [5, 5.41) is 5.15. The topological polar surface area (TPSA) is 53.4 Å². The van der Waals surface area contributed by atoms with Gasteiger partial charge < -0.3 is 9.31 Å². The highest BCUT2D eigenvalue weighted by Gasteiger charge is 2.52. The zero-order valence-electron chi connectivity index (χ0n) is 13.0. The Bertz CT molecular complexity index is 705. The maximum Gasteiger partial charge on any atom is 0.495 e. The van der Waals surface area contributed by atoms with E-state index in [-0.39, 0.29) is 5.91 Å². The predicted octanol–water partition coefficient (Wildman–Crippen LogP) is 2.00. The van der Waals surface area contributed by atoms with Crippen LogP contribution in [0.15, 0.2) is 24.4 Å². The van der Waals surface area contributed by atoms with E-state index in [0.717, 1.165) is 16.4 Å². The maximum atomic E-state index is 11.5. The molecule has 3 rings (SSSR count). The first-order valence-electron chi connectivity index (χ1n) is 7.06. The Morgan fingerprint density at radius 2 is 1.81 bits per heavy atom. The van der Waals surface area contributed by atoms with Crippen LogP contribution in [0.2, 0.25) is 0 Å². The van der Waals surface area contributed by atoms with Crippen LogP contribution in [0.4, 0.5) is 0 Å². The summed E-state index contributed by atoms with van der Waals surface area (Å²) in [4.78, 5) is 11.5. The van der Waals surface area contributed by atoms with E-state index < -0.39 is 18.3 Å². The minimum absolute atomic E-state index is 0.119. The standard InChI is InChI=1S/C15H19BN2O3/c1-10(19)18-9-11-12(7-6-8-13(11)17-18)16-20-14(2,3)15(4,5)21-16/h6-9H,1-5H3. The Morgan fingerprint density at radius 3 is 2.38 bits per heavy atom. The number of carbonyl (C=O) groups excluding carboxylic acids is 1. The van der Waals surface area contributed by atoms with Crippen molar-refractivity contribution < 1.29 is 14.1 Å². The second-order valence-corrected chi connectivity index (χ2v) is 6.46. The first-order valence-corrected chi connectivity index (χ1v) is 7.06. The smallest absolute Gasteiger partial charge is 0.399 e. The van der Waals surface area contributed by atoms with Crippen molar-refractivity contribution in [2.75, 3.05) is 0 Å². The number of rotatable bonds is 1. The molecule has 0 radical (unpaired) electrons. The van der Waals surface area contributed by atoms with Crippen molar-refractivity contribution in [2.45, 2.75) is 45.8 Å². The summed E-state index contributed by atoms with van der Waals surface area (Å²) in [7, 11) is -0.455. The molecule has 1 saturated heterocycles. The number of hydrogen-bond acceptors (Lipinski definition) is 4. The molecule has 0 bridgehead atoms. The fourth-order valence-corrected chi connectivity index (χ4v) is 2.40. The highest BCUT2D eigenvalue weighted by atomic mass is 16.7. The predicted molar refractivity (Wildman–Crippen MR) is 81.7 cm³/mol. The molecule has 1 aromatic heterocycles. The van der Waals surface area contributed by atoms with E-state index in [9.17, 15) is 4.79 Å². The van der Waals surface area contributed by atoms with Crippen LogP contribution < -0.4 is 5.46 Å². The molecule has 1 aliphatic rings. The number of benzene rings is 1. The van der Waals surface area contributed by atoms with Gasteiger partial charge in [-0.1, -0.05) is 12.1 Å². The van der Waals surface area contributed by atoms with Crippen molar-refractivity contribution in [3.63, 3.8) is 0 Å². The quantitative estimate of drug-likeness (QED) is 0.752. The molecule has 0 atom stereocenters. The van der Waals surface area contributed by atoms with Gasteiger partial charge in [-0.2, -0.15) is 5.10 Å². The molecule has 0 aliphatic carbocycles. The fourth-order valence-electron chi connectivity index (χ4n) is 2.40. The minimum atomic E-state index is -0.455. The van der Waals surface area contributed by atoms with Gasteiger partial charge in [-0.25, -0.2) is 4.68 Å². The third-order valence-corrected chi connectivity index (χ3v) is 4.41. The summed E-state index contributed by atoms with van der Waals surface area (Å²) in [6.07, 6.45) is 1.73. The van der Waals surface area contributed by atoms with Gasteiger partial charge in [0.15, 0.2) is 0 Å². The van der Waals surface area contributed by atoms with Crippen molar-refractivity contribution in [1.29, 1.82) is 0 Å². The van der Waals surface area contributed by atoms with Crippen molar-refractivity contribution in [3.8, 4) is 0 Å². The summed E-state index contributed by atoms with van der Waals surface area (Å²) in [5.74, 6) is -0.119. The van der Waals surface area contributed by atoms with E-state index in [1.807, 2.05) is 45.9 Å². The van der Waals surface area contributed by atoms with E-state index in [1.165, 1.54) is 11.6 Å². The molecule has 21 heavy (non-hydrogen) atoms. The second kappa shape index (κ2) is 4.42. The first-order chi connectivity index (χ1) is 9.71. The van der Waals surface area contributed by atoms with Crippen LogP contribution in [0.25, 0.3) is 10.9 Å². The Hall–Kier alpha value is -1.66. The number of hydrogen-bond donors (Lipinski definition) is 0. The molecule has 1 aliphatic heterocycles. The van der Waals surface area contributed by atoms with Gasteiger partial charge in [-0.05, 0) is 39.2 Å². The van der Waals surface area contributed by atoms with Gasteiger partial charge in [0.2, 0.25) is 5.91 Å². The highest BCUT2D eigenvalue weighted by Crippen LogP contribution is 2.36. The van der Waals surface area contributed by atoms with Crippen molar-refractivity contribution >= 4 is 29.4 Å². The molecule has 0 saturated carbocycles. The Labute approximate surface area is 124 Å². The van der Waals surface area contributed by atoms with Gasteiger partial charge >= 0.3 is 7.12 Å². The fraction of sp³-hybridized carbons (Fsp3) is 0.467. The van der Waals surface area contributed by atoms with E-state index in [2.05, 4.69) is 5.10 Å². The molecule has 1 fully saturated rings. The SMILES string of the molecule is CC(=O)n1cc2c(B3OC(C)(C)C(C)(C)O3)cccc2n1. The average molecular weight is 286 g/mol. The summed E-state index contributed by atoms with van der Waals surface area (Å²) < 4.78 is 13.5. The second-order valence-electron chi connectivity index (χ2n) is 6.46. The van der Waals surface area contributed by atoms with E-state index in [4.69, 9.17) is 9.31 Å². The lowest BCUT2D eigenvalue weighted by molar-refractivity contribution is 0.00578. The van der Waals surface area contributed by atoms with Crippen LogP contribution in [0.1, 0.15) is 39.4 Å². The summed E-state index contributed by atoms with van der Waals surface area (Å²) in [6, 6.07) is 5.74. The van der Waals surface area contributed by atoms with Crippen LogP contribution in [0, 0.1) is 0 Å². The number of fused-ring (bicyclic) bond motifs is 1. The highest BCUT2D eigenvalue weighted by molar-refractivity contribution is 6.65. The molecule has 6 heteroatoms. The largest absolute Gasteiger partial charge is 0.495 e. The molecular formula is C15H19BN2O3. The Kier molecular flexibility index (Phi) is 3.01. The van der Waals surface area contributed by atoms with Crippen molar-refractivity contribution in [3.05, 3.63) is 24.4 Å². The molecule has 0 spiro atoms. The molecule has 2 heterocycles. The molecule has 0 amide bonds. The molecule has 2 aromatic rings. The molecular weight excluding hydrogens is 267 g/mol. The van der Waals surface area contributed by atoms with Crippen molar-refractivity contribution in [2.24, 2.45) is 0 Å². The van der Waals surface area contributed by atoms with Crippen LogP contribution in [-0.4, -0.2) is 34.0 Å². The van der Waals surface area contributed by atoms with Gasteiger partial charge in [-0.3, -0.25) is 4.79 Å². The van der Waals surface area contributed by atoms with Crippen LogP contribution in [-0.2, 0) is 9.31 Å². The van der Waals surface area contributed by atoms with Crippen molar-refractivity contribution in [1.82, 2.24) is 9.78 Å². The van der Waals surface area contributed by atoms with Crippen LogP contribution in [0.3, 0.4) is 0 Å². The first kappa shape index (κ1) is 14.3. The molecule has 5 nitrogen and oxygen atoms in total. The van der Waals surface area contributed by atoms with Gasteiger partial charge in [0.05, 0.1) is 16.7 Å². The molecule has 0 unspecified atom stereocenters. The normalized spacial score (nSPS) is 20.1. The lowest BCUT2D eigenvalue weighted by Gasteiger charge is -2.32. The summed E-state index contributed by atoms with van der Waals surface area (Å²) in [5.41, 5.74) is 0.878. The summed E-state index contributed by atoms with van der Waals surface area (Å²) >= 11 is 0. The van der Waals surface area contributed by atoms with E-state index in [0.29, 0.717) is 0 Å². The monoisotopic (exact) mass is 286 g/mol. The average Bonchev–Trinajstić information content (AvgIpc) is 2.88. The summed E-state index contributed by atoms with van der Waals surface area (Å²) in [6.45, 7) is 9.57. The Morgan fingerprint density at radius 1 is 1.19 bits per heavy atom. The zero-order valence-corrected chi connectivity index (χ0v) is 13.0. The van der Waals surface area contributed by atoms with Crippen LogP contribution >= 0.6 is 0 Å². The number of aromatic nitrogens is 2. The van der Waals surface area contributed by atoms with Gasteiger partial charge in [-0.15, -0.1) is 0 Å².